The van der Waals surface area contributed by atoms with Crippen LogP contribution >= 0.6 is 0 Å². The van der Waals surface area contributed by atoms with Gasteiger partial charge in [0.1, 0.15) is 5.75 Å². The second-order valence-corrected chi connectivity index (χ2v) is 7.45. The highest BCUT2D eigenvalue weighted by Crippen LogP contribution is 2.27. The SMILES string of the molecule is CCCCCn1nc(C(=O)N(C)Cc2ccccc2OC(F)(F)F)c2ccccc2c1=O. The van der Waals surface area contributed by atoms with Gasteiger partial charge in [0.2, 0.25) is 0 Å². The Balaban J connectivity index is 1.94. The number of ether oxygens (including phenoxy) is 1. The maximum Gasteiger partial charge on any atom is 0.573 e. The fourth-order valence-electron chi connectivity index (χ4n) is 3.42. The summed E-state index contributed by atoms with van der Waals surface area (Å²) in [6, 6.07) is 12.3. The summed E-state index contributed by atoms with van der Waals surface area (Å²) in [5.41, 5.74) is -0.00510. The molecule has 0 unspecified atom stereocenters. The van der Waals surface area contributed by atoms with Gasteiger partial charge in [-0.1, -0.05) is 56.2 Å². The van der Waals surface area contributed by atoms with Gasteiger partial charge in [-0.25, -0.2) is 4.68 Å². The van der Waals surface area contributed by atoms with E-state index in [4.69, 9.17) is 0 Å². The van der Waals surface area contributed by atoms with Gasteiger partial charge in [0.05, 0.1) is 5.39 Å². The molecule has 0 aliphatic heterocycles. The van der Waals surface area contributed by atoms with Crippen molar-refractivity contribution < 1.29 is 22.7 Å². The molecule has 2 aromatic carbocycles. The number of halogens is 3. The molecule has 6 nitrogen and oxygen atoms in total. The van der Waals surface area contributed by atoms with Gasteiger partial charge in [0.15, 0.2) is 5.69 Å². The Kier molecular flexibility index (Phi) is 7.17. The van der Waals surface area contributed by atoms with Crippen LogP contribution in [0, 0.1) is 0 Å². The Morgan fingerprint density at radius 2 is 1.72 bits per heavy atom. The van der Waals surface area contributed by atoms with Crippen LogP contribution in [-0.2, 0) is 13.1 Å². The molecule has 0 spiro atoms. The third-order valence-electron chi connectivity index (χ3n) is 5.00. The van der Waals surface area contributed by atoms with E-state index >= 15 is 0 Å². The zero-order chi connectivity index (χ0) is 23.3. The second-order valence-electron chi connectivity index (χ2n) is 7.45. The quantitative estimate of drug-likeness (QED) is 0.467. The molecule has 0 saturated heterocycles. The first-order chi connectivity index (χ1) is 15.2. The van der Waals surface area contributed by atoms with Crippen LogP contribution in [-0.4, -0.2) is 34.0 Å². The minimum atomic E-state index is -4.84. The highest BCUT2D eigenvalue weighted by atomic mass is 19.4. The van der Waals surface area contributed by atoms with Crippen molar-refractivity contribution >= 4 is 16.7 Å². The maximum absolute atomic E-state index is 13.2. The van der Waals surface area contributed by atoms with Crippen LogP contribution in [0.4, 0.5) is 13.2 Å². The second kappa shape index (κ2) is 9.84. The van der Waals surface area contributed by atoms with E-state index < -0.39 is 12.3 Å². The van der Waals surface area contributed by atoms with Crippen LogP contribution in [0.25, 0.3) is 10.8 Å². The molecular weight excluding hydrogens is 423 g/mol. The minimum Gasteiger partial charge on any atom is -0.405 e. The summed E-state index contributed by atoms with van der Waals surface area (Å²) in [6.07, 6.45) is -2.21. The first-order valence-electron chi connectivity index (χ1n) is 10.3. The van der Waals surface area contributed by atoms with E-state index in [1.807, 2.05) is 6.92 Å². The molecule has 32 heavy (non-hydrogen) atoms. The number of carbonyl (C=O) groups excluding carboxylic acids is 1. The number of rotatable bonds is 8. The Bertz CT molecular complexity index is 1160. The largest absolute Gasteiger partial charge is 0.573 e. The molecule has 9 heteroatoms. The molecule has 0 atom stereocenters. The van der Waals surface area contributed by atoms with E-state index in [2.05, 4.69) is 9.84 Å². The Morgan fingerprint density at radius 1 is 1.06 bits per heavy atom. The van der Waals surface area contributed by atoms with Crippen LogP contribution in [0.15, 0.2) is 53.3 Å². The van der Waals surface area contributed by atoms with Gasteiger partial charge < -0.3 is 9.64 Å². The summed E-state index contributed by atoms with van der Waals surface area (Å²) in [6.45, 7) is 2.29. The lowest BCUT2D eigenvalue weighted by atomic mass is 10.1. The van der Waals surface area contributed by atoms with Crippen molar-refractivity contribution in [3.8, 4) is 5.75 Å². The molecule has 1 aromatic heterocycles. The molecule has 170 valence electrons. The number of nitrogens with zero attached hydrogens (tertiary/aromatic N) is 3. The minimum absolute atomic E-state index is 0.0772. The number of para-hydroxylation sites is 1. The summed E-state index contributed by atoms with van der Waals surface area (Å²) in [5.74, 6) is -0.880. The molecule has 0 aliphatic carbocycles. The third-order valence-corrected chi connectivity index (χ3v) is 5.00. The normalized spacial score (nSPS) is 11.5. The average molecular weight is 447 g/mol. The fourth-order valence-corrected chi connectivity index (χ4v) is 3.42. The van der Waals surface area contributed by atoms with Gasteiger partial charge in [0, 0.05) is 31.1 Å². The van der Waals surface area contributed by atoms with Gasteiger partial charge in [-0.3, -0.25) is 9.59 Å². The number of alkyl halides is 3. The number of amides is 1. The predicted octanol–water partition coefficient (Wildman–Crippen LogP) is 4.76. The lowest BCUT2D eigenvalue weighted by Gasteiger charge is -2.20. The van der Waals surface area contributed by atoms with Gasteiger partial charge in [0.25, 0.3) is 11.5 Å². The van der Waals surface area contributed by atoms with Gasteiger partial charge in [-0.15, -0.1) is 13.2 Å². The number of carbonyl (C=O) groups is 1. The molecule has 3 rings (SSSR count). The molecule has 0 fully saturated rings. The summed E-state index contributed by atoms with van der Waals surface area (Å²) in [4.78, 5) is 27.3. The zero-order valence-electron chi connectivity index (χ0n) is 17.9. The number of aromatic nitrogens is 2. The van der Waals surface area contributed by atoms with Crippen LogP contribution in [0.2, 0.25) is 0 Å². The van der Waals surface area contributed by atoms with Crippen molar-refractivity contribution in [1.82, 2.24) is 14.7 Å². The van der Waals surface area contributed by atoms with Crippen molar-refractivity contribution in [2.24, 2.45) is 0 Å². The zero-order valence-corrected chi connectivity index (χ0v) is 17.9. The first-order valence-corrected chi connectivity index (χ1v) is 10.3. The smallest absolute Gasteiger partial charge is 0.405 e. The maximum atomic E-state index is 13.2. The van der Waals surface area contributed by atoms with Crippen LogP contribution in [0.3, 0.4) is 0 Å². The third kappa shape index (κ3) is 5.46. The molecule has 1 heterocycles. The highest BCUT2D eigenvalue weighted by molar-refractivity contribution is 6.04. The van der Waals surface area contributed by atoms with Crippen molar-refractivity contribution in [3.63, 3.8) is 0 Å². The average Bonchev–Trinajstić information content (AvgIpc) is 2.75. The summed E-state index contributed by atoms with van der Waals surface area (Å²) in [5, 5.41) is 5.09. The summed E-state index contributed by atoms with van der Waals surface area (Å²) < 4.78 is 43.5. The molecule has 0 N–H and O–H groups in total. The standard InChI is InChI=1S/C23H24F3N3O3/c1-3-4-9-14-29-21(30)18-12-7-6-11-17(18)20(27-29)22(31)28(2)15-16-10-5-8-13-19(16)32-23(24,25)26/h5-8,10-13H,3-4,9,14-15H2,1-2H3. The molecule has 0 aliphatic rings. The molecule has 0 bridgehead atoms. The van der Waals surface area contributed by atoms with Gasteiger partial charge in [-0.2, -0.15) is 5.10 Å². The summed E-state index contributed by atoms with van der Waals surface area (Å²) in [7, 11) is 1.47. The van der Waals surface area contributed by atoms with Crippen molar-refractivity contribution in [3.05, 3.63) is 70.1 Å². The van der Waals surface area contributed by atoms with Crippen molar-refractivity contribution in [2.75, 3.05) is 7.05 Å². The number of fused-ring (bicyclic) bond motifs is 1. The number of benzene rings is 2. The lowest BCUT2D eigenvalue weighted by Crippen LogP contribution is -2.32. The number of unbranched alkanes of at least 4 members (excludes halogenated alkanes) is 2. The van der Waals surface area contributed by atoms with E-state index in [9.17, 15) is 22.8 Å². The van der Waals surface area contributed by atoms with E-state index in [1.165, 1.54) is 34.8 Å². The fraction of sp³-hybridized carbons (Fsp3) is 0.348. The molecule has 3 aromatic rings. The first kappa shape index (κ1) is 23.3. The van der Waals surface area contributed by atoms with Crippen molar-refractivity contribution in [2.45, 2.75) is 45.6 Å². The van der Waals surface area contributed by atoms with E-state index in [0.29, 0.717) is 17.3 Å². The Labute approximate surface area is 183 Å². The Hall–Kier alpha value is -3.36. The lowest BCUT2D eigenvalue weighted by molar-refractivity contribution is -0.275. The monoisotopic (exact) mass is 447 g/mol. The van der Waals surface area contributed by atoms with Crippen LogP contribution < -0.4 is 10.3 Å². The van der Waals surface area contributed by atoms with Crippen LogP contribution in [0.1, 0.15) is 42.2 Å². The predicted molar refractivity (Wildman–Crippen MR) is 114 cm³/mol. The molecular formula is C23H24F3N3O3. The number of hydrogen-bond donors (Lipinski definition) is 0. The van der Waals surface area contributed by atoms with Gasteiger partial charge in [-0.05, 0) is 18.6 Å². The molecule has 1 amide bonds. The molecule has 0 radical (unpaired) electrons. The van der Waals surface area contributed by atoms with Crippen molar-refractivity contribution in [1.29, 1.82) is 0 Å². The van der Waals surface area contributed by atoms with Gasteiger partial charge >= 0.3 is 6.36 Å². The number of hydrogen-bond acceptors (Lipinski definition) is 4. The molecule has 0 saturated carbocycles. The Morgan fingerprint density at radius 3 is 2.41 bits per heavy atom. The topological polar surface area (TPSA) is 64.4 Å². The van der Waals surface area contributed by atoms with E-state index in [1.54, 1.807) is 30.3 Å². The van der Waals surface area contributed by atoms with Crippen LogP contribution in [0.5, 0.6) is 5.75 Å². The van der Waals surface area contributed by atoms with E-state index in [-0.39, 0.29) is 29.1 Å². The highest BCUT2D eigenvalue weighted by Gasteiger charge is 2.32. The number of aryl methyl sites for hydroxylation is 1. The van der Waals surface area contributed by atoms with E-state index in [0.717, 1.165) is 19.3 Å². The summed E-state index contributed by atoms with van der Waals surface area (Å²) >= 11 is 0.